The summed E-state index contributed by atoms with van der Waals surface area (Å²) in [5, 5.41) is 3.45. The van der Waals surface area contributed by atoms with Gasteiger partial charge in [0.25, 0.3) is 0 Å². The second-order valence-corrected chi connectivity index (χ2v) is 7.63. The molecule has 0 bridgehead atoms. The van der Waals surface area contributed by atoms with Gasteiger partial charge in [-0.2, -0.15) is 0 Å². The first-order valence-electron chi connectivity index (χ1n) is 10.4. The van der Waals surface area contributed by atoms with Gasteiger partial charge in [-0.05, 0) is 50.3 Å². The van der Waals surface area contributed by atoms with Crippen molar-refractivity contribution in [3.63, 3.8) is 0 Å². The van der Waals surface area contributed by atoms with Gasteiger partial charge in [0, 0.05) is 41.3 Å². The highest BCUT2D eigenvalue weighted by atomic mass is 16.5. The molecule has 0 fully saturated rings. The fourth-order valence-electron chi connectivity index (χ4n) is 4.56. The molecule has 152 valence electrons. The zero-order chi connectivity index (χ0) is 20.4. The average molecular weight is 393 g/mol. The highest BCUT2D eigenvalue weighted by Crippen LogP contribution is 2.46. The Morgan fingerprint density at radius 1 is 1.00 bits per heavy atom. The van der Waals surface area contributed by atoms with E-state index in [0.717, 1.165) is 53.8 Å². The maximum atomic E-state index is 12.9. The molecule has 0 saturated carbocycles. The van der Waals surface area contributed by atoms with Gasteiger partial charge < -0.3 is 14.8 Å². The number of hydrogen-bond donors (Lipinski definition) is 1. The van der Waals surface area contributed by atoms with Crippen LogP contribution in [0.4, 0.5) is 0 Å². The summed E-state index contributed by atoms with van der Waals surface area (Å²) in [6, 6.07) is 5.75. The van der Waals surface area contributed by atoms with E-state index < -0.39 is 0 Å². The molecule has 0 unspecified atom stereocenters. The summed E-state index contributed by atoms with van der Waals surface area (Å²) in [6.07, 6.45) is 6.16. The van der Waals surface area contributed by atoms with E-state index >= 15 is 0 Å². The van der Waals surface area contributed by atoms with Crippen LogP contribution in [-0.2, 0) is 9.59 Å². The van der Waals surface area contributed by atoms with Crippen LogP contribution in [0.5, 0.6) is 11.5 Å². The van der Waals surface area contributed by atoms with Crippen molar-refractivity contribution in [2.45, 2.75) is 51.4 Å². The molecule has 1 aliphatic heterocycles. The lowest BCUT2D eigenvalue weighted by molar-refractivity contribution is -0.116. The Labute approximate surface area is 171 Å². The van der Waals surface area contributed by atoms with Gasteiger partial charge in [0.15, 0.2) is 23.1 Å². The van der Waals surface area contributed by atoms with E-state index in [0.29, 0.717) is 37.6 Å². The molecule has 5 heteroatoms. The highest BCUT2D eigenvalue weighted by Gasteiger charge is 2.40. The zero-order valence-corrected chi connectivity index (χ0v) is 16.9. The van der Waals surface area contributed by atoms with E-state index in [9.17, 15) is 9.59 Å². The molecule has 0 aromatic heterocycles. The third kappa shape index (κ3) is 3.61. The lowest BCUT2D eigenvalue weighted by Gasteiger charge is -2.37. The lowest BCUT2D eigenvalue weighted by atomic mass is 9.71. The van der Waals surface area contributed by atoms with Gasteiger partial charge in [0.05, 0.1) is 6.61 Å². The molecular weight excluding hydrogens is 366 g/mol. The summed E-state index contributed by atoms with van der Waals surface area (Å²) in [4.78, 5) is 25.8. The van der Waals surface area contributed by atoms with E-state index in [2.05, 4.69) is 11.9 Å². The molecule has 1 aromatic carbocycles. The van der Waals surface area contributed by atoms with Crippen LogP contribution in [-0.4, -0.2) is 24.8 Å². The minimum absolute atomic E-state index is 0.138. The minimum atomic E-state index is -0.325. The Morgan fingerprint density at radius 2 is 1.66 bits per heavy atom. The summed E-state index contributed by atoms with van der Waals surface area (Å²) in [6.45, 7) is 6.49. The smallest absolute Gasteiger partial charge is 0.161 e. The van der Waals surface area contributed by atoms with Crippen LogP contribution in [0.2, 0.25) is 0 Å². The average Bonchev–Trinajstić information content (AvgIpc) is 2.72. The summed E-state index contributed by atoms with van der Waals surface area (Å²) in [5.41, 5.74) is 4.40. The van der Waals surface area contributed by atoms with Crippen LogP contribution < -0.4 is 14.8 Å². The van der Waals surface area contributed by atoms with E-state index in [4.69, 9.17) is 9.47 Å². The van der Waals surface area contributed by atoms with Crippen LogP contribution in [0, 0.1) is 0 Å². The van der Waals surface area contributed by atoms with Crippen molar-refractivity contribution in [1.29, 1.82) is 0 Å². The topological polar surface area (TPSA) is 64.6 Å². The largest absolute Gasteiger partial charge is 0.490 e. The summed E-state index contributed by atoms with van der Waals surface area (Å²) in [5.74, 6) is 1.21. The molecule has 2 aliphatic carbocycles. The second kappa shape index (κ2) is 8.27. The van der Waals surface area contributed by atoms with Crippen molar-refractivity contribution in [2.24, 2.45) is 0 Å². The van der Waals surface area contributed by atoms with Crippen LogP contribution in [0.3, 0.4) is 0 Å². The molecule has 4 rings (SSSR count). The van der Waals surface area contributed by atoms with Gasteiger partial charge in [0.2, 0.25) is 0 Å². The van der Waals surface area contributed by atoms with E-state index in [1.54, 1.807) is 6.08 Å². The predicted octanol–water partition coefficient (Wildman–Crippen LogP) is 4.35. The van der Waals surface area contributed by atoms with Crippen molar-refractivity contribution in [3.8, 4) is 11.5 Å². The number of rotatable bonds is 6. The monoisotopic (exact) mass is 393 g/mol. The quantitative estimate of drug-likeness (QED) is 0.728. The number of carbonyl (C=O) groups excluding carboxylic acids is 2. The van der Waals surface area contributed by atoms with Crippen molar-refractivity contribution < 1.29 is 19.1 Å². The molecule has 0 atom stereocenters. The highest BCUT2D eigenvalue weighted by molar-refractivity contribution is 6.06. The maximum Gasteiger partial charge on any atom is 0.161 e. The number of carbonyl (C=O) groups is 2. The van der Waals surface area contributed by atoms with E-state index in [1.807, 2.05) is 25.1 Å². The SMILES string of the molecule is C=CCOc1ccc(C2C3=C(CCCC3=O)NC3=C2C(=O)CCC3)cc1OCC. The Morgan fingerprint density at radius 3 is 2.24 bits per heavy atom. The van der Waals surface area contributed by atoms with E-state index in [1.165, 1.54) is 0 Å². The minimum Gasteiger partial charge on any atom is -0.490 e. The van der Waals surface area contributed by atoms with Crippen LogP contribution in [0.1, 0.15) is 56.9 Å². The number of ketones is 2. The molecule has 3 aliphatic rings. The van der Waals surface area contributed by atoms with Crippen molar-refractivity contribution in [2.75, 3.05) is 13.2 Å². The number of Topliss-reactive ketones (excluding diaryl/α,β-unsaturated/α-hetero) is 2. The molecule has 1 aromatic rings. The first-order chi connectivity index (χ1) is 14.1. The number of dihydropyridines is 1. The van der Waals surface area contributed by atoms with Gasteiger partial charge in [-0.15, -0.1) is 0 Å². The zero-order valence-electron chi connectivity index (χ0n) is 16.9. The Kier molecular flexibility index (Phi) is 5.56. The normalized spacial score (nSPS) is 19.5. The number of ether oxygens (including phenoxy) is 2. The molecule has 29 heavy (non-hydrogen) atoms. The van der Waals surface area contributed by atoms with E-state index in [-0.39, 0.29) is 17.5 Å². The molecule has 0 saturated heterocycles. The van der Waals surface area contributed by atoms with Gasteiger partial charge in [-0.3, -0.25) is 9.59 Å². The third-order valence-electron chi connectivity index (χ3n) is 5.75. The van der Waals surface area contributed by atoms with Crippen LogP contribution in [0.25, 0.3) is 0 Å². The maximum absolute atomic E-state index is 12.9. The Hall–Kier alpha value is -2.82. The predicted molar refractivity (Wildman–Crippen MR) is 111 cm³/mol. The Balaban J connectivity index is 1.83. The number of allylic oxidation sites excluding steroid dienone is 4. The number of benzene rings is 1. The Bertz CT molecular complexity index is 883. The van der Waals surface area contributed by atoms with Crippen molar-refractivity contribution in [3.05, 3.63) is 59.0 Å². The van der Waals surface area contributed by atoms with Crippen LogP contribution >= 0.6 is 0 Å². The first-order valence-corrected chi connectivity index (χ1v) is 10.4. The number of nitrogens with one attached hydrogen (secondary N) is 1. The summed E-state index contributed by atoms with van der Waals surface area (Å²) >= 11 is 0. The molecular formula is C24H27NO4. The standard InChI is InChI=1S/C24H27NO4/c1-3-13-29-20-12-11-15(14-21(20)28-4-2)22-23-16(7-5-9-18(23)26)25-17-8-6-10-19(27)24(17)22/h3,11-12,14,22,25H,1,4-10,13H2,2H3. The number of hydrogen-bond acceptors (Lipinski definition) is 5. The van der Waals surface area contributed by atoms with Crippen molar-refractivity contribution >= 4 is 11.6 Å². The van der Waals surface area contributed by atoms with Crippen LogP contribution in [0.15, 0.2) is 53.4 Å². The lowest BCUT2D eigenvalue weighted by Crippen LogP contribution is -2.36. The molecule has 0 amide bonds. The molecule has 0 spiro atoms. The summed E-state index contributed by atoms with van der Waals surface area (Å²) < 4.78 is 11.5. The third-order valence-corrected chi connectivity index (χ3v) is 5.75. The first kappa shape index (κ1) is 19.5. The molecule has 1 heterocycles. The van der Waals surface area contributed by atoms with Gasteiger partial charge in [-0.25, -0.2) is 0 Å². The fraction of sp³-hybridized carbons (Fsp3) is 0.417. The second-order valence-electron chi connectivity index (χ2n) is 7.63. The van der Waals surface area contributed by atoms with Gasteiger partial charge in [0.1, 0.15) is 6.61 Å². The molecule has 5 nitrogen and oxygen atoms in total. The van der Waals surface area contributed by atoms with Crippen molar-refractivity contribution in [1.82, 2.24) is 5.32 Å². The molecule has 0 radical (unpaired) electrons. The molecule has 1 N–H and O–H groups in total. The summed E-state index contributed by atoms with van der Waals surface area (Å²) in [7, 11) is 0. The van der Waals surface area contributed by atoms with Gasteiger partial charge >= 0.3 is 0 Å². The fourth-order valence-corrected chi connectivity index (χ4v) is 4.56. The van der Waals surface area contributed by atoms with Gasteiger partial charge in [-0.1, -0.05) is 18.7 Å².